The minimum absolute atomic E-state index is 0.0256. The Labute approximate surface area is 170 Å². The topological polar surface area (TPSA) is 75.7 Å². The standard InChI is InChI=1S/C22H29FN2O4/c1-12-8-7-9-13(17(12)23)18(26)22(5,6)24-19(27)16-14-10-25(11-15(14)16)20(28)29-21(2,3)4/h7-9,14-16H,10-11H2,1-6H3,(H,24,27). The number of amides is 2. The summed E-state index contributed by atoms with van der Waals surface area (Å²) in [5, 5.41) is 2.78. The third-order valence-electron chi connectivity index (χ3n) is 5.59. The van der Waals surface area contributed by atoms with Crippen LogP contribution in [0.3, 0.4) is 0 Å². The maximum Gasteiger partial charge on any atom is 0.410 e. The van der Waals surface area contributed by atoms with E-state index in [0.29, 0.717) is 18.7 Å². The predicted octanol–water partition coefficient (Wildman–Crippen LogP) is 3.32. The van der Waals surface area contributed by atoms with Crippen molar-refractivity contribution in [1.82, 2.24) is 10.2 Å². The van der Waals surface area contributed by atoms with E-state index < -0.39 is 22.7 Å². The normalized spacial score (nSPS) is 23.4. The molecule has 1 saturated heterocycles. The number of ketones is 1. The van der Waals surface area contributed by atoms with E-state index in [4.69, 9.17) is 4.74 Å². The van der Waals surface area contributed by atoms with Crippen LogP contribution in [0, 0.1) is 30.5 Å². The third kappa shape index (κ3) is 4.28. The molecule has 0 spiro atoms. The molecule has 1 aliphatic carbocycles. The van der Waals surface area contributed by atoms with E-state index in [1.807, 2.05) is 20.8 Å². The molecule has 0 radical (unpaired) electrons. The first-order valence-electron chi connectivity index (χ1n) is 9.91. The van der Waals surface area contributed by atoms with E-state index in [2.05, 4.69) is 5.32 Å². The highest BCUT2D eigenvalue weighted by molar-refractivity contribution is 6.05. The number of likely N-dealkylation sites (tertiary alicyclic amines) is 1. The van der Waals surface area contributed by atoms with Crippen LogP contribution < -0.4 is 5.32 Å². The molecule has 1 aliphatic heterocycles. The number of carbonyl (C=O) groups excluding carboxylic acids is 3. The molecule has 1 heterocycles. The van der Waals surface area contributed by atoms with Gasteiger partial charge in [-0.1, -0.05) is 12.1 Å². The average molecular weight is 404 g/mol. The fourth-order valence-electron chi connectivity index (χ4n) is 4.00. The summed E-state index contributed by atoms with van der Waals surface area (Å²) in [4.78, 5) is 39.3. The van der Waals surface area contributed by atoms with Gasteiger partial charge in [-0.25, -0.2) is 9.18 Å². The number of fused-ring (bicyclic) bond motifs is 1. The van der Waals surface area contributed by atoms with Gasteiger partial charge in [0.05, 0.1) is 11.1 Å². The zero-order chi connectivity index (χ0) is 21.7. The second-order valence-electron chi connectivity index (χ2n) is 9.62. The maximum absolute atomic E-state index is 14.3. The lowest BCUT2D eigenvalue weighted by atomic mass is 9.91. The summed E-state index contributed by atoms with van der Waals surface area (Å²) in [6.45, 7) is 11.1. The largest absolute Gasteiger partial charge is 0.444 e. The molecule has 0 bridgehead atoms. The van der Waals surface area contributed by atoms with E-state index in [1.165, 1.54) is 6.07 Å². The number of rotatable bonds is 4. The monoisotopic (exact) mass is 404 g/mol. The number of piperidine rings is 1. The minimum atomic E-state index is -1.23. The zero-order valence-electron chi connectivity index (χ0n) is 17.8. The molecule has 1 aromatic rings. The Morgan fingerprint density at radius 2 is 1.69 bits per heavy atom. The van der Waals surface area contributed by atoms with Gasteiger partial charge >= 0.3 is 6.09 Å². The highest BCUT2D eigenvalue weighted by Crippen LogP contribution is 2.52. The Bertz CT molecular complexity index is 847. The summed E-state index contributed by atoms with van der Waals surface area (Å²) in [6, 6.07) is 4.66. The quantitative estimate of drug-likeness (QED) is 0.781. The molecular weight excluding hydrogens is 375 g/mol. The van der Waals surface area contributed by atoms with E-state index in [0.717, 1.165) is 0 Å². The van der Waals surface area contributed by atoms with E-state index in [1.54, 1.807) is 37.8 Å². The molecular formula is C22H29FN2O4. The van der Waals surface area contributed by atoms with Crippen molar-refractivity contribution in [3.63, 3.8) is 0 Å². The van der Waals surface area contributed by atoms with Gasteiger partial charge in [0, 0.05) is 19.0 Å². The number of Topliss-reactive ketones (excluding diaryl/α,β-unsaturated/α-hetero) is 1. The van der Waals surface area contributed by atoms with Crippen LogP contribution in [0.25, 0.3) is 0 Å². The van der Waals surface area contributed by atoms with Crippen molar-refractivity contribution in [3.8, 4) is 0 Å². The van der Waals surface area contributed by atoms with Gasteiger partial charge in [0.15, 0.2) is 5.78 Å². The summed E-state index contributed by atoms with van der Waals surface area (Å²) in [6.07, 6.45) is -0.366. The first-order chi connectivity index (χ1) is 13.3. The van der Waals surface area contributed by atoms with Crippen LogP contribution in [0.4, 0.5) is 9.18 Å². The number of halogens is 1. The molecule has 2 amide bonds. The summed E-state index contributed by atoms with van der Waals surface area (Å²) in [7, 11) is 0. The lowest BCUT2D eigenvalue weighted by Gasteiger charge is -2.27. The molecule has 6 nitrogen and oxygen atoms in total. The van der Waals surface area contributed by atoms with Gasteiger partial charge in [-0.3, -0.25) is 9.59 Å². The van der Waals surface area contributed by atoms with Gasteiger partial charge in [0.1, 0.15) is 11.4 Å². The first kappa shape index (κ1) is 21.3. The Balaban J connectivity index is 1.59. The molecule has 1 N–H and O–H groups in total. The Hall–Kier alpha value is -2.44. The Morgan fingerprint density at radius 1 is 1.10 bits per heavy atom. The second kappa shape index (κ2) is 7.11. The SMILES string of the molecule is Cc1cccc(C(=O)C(C)(C)NC(=O)C2C3CN(C(=O)OC(C)(C)C)CC32)c1F. The Kier molecular flexibility index (Phi) is 5.22. The summed E-state index contributed by atoms with van der Waals surface area (Å²) < 4.78 is 19.7. The molecule has 1 aromatic carbocycles. The first-order valence-corrected chi connectivity index (χ1v) is 9.91. The molecule has 2 atom stereocenters. The van der Waals surface area contributed by atoms with Crippen molar-refractivity contribution in [2.24, 2.45) is 17.8 Å². The highest BCUT2D eigenvalue weighted by Gasteiger charge is 2.61. The van der Waals surface area contributed by atoms with Crippen molar-refractivity contribution in [2.45, 2.75) is 52.7 Å². The molecule has 2 aliphatic rings. The van der Waals surface area contributed by atoms with Crippen LogP contribution in [0.15, 0.2) is 18.2 Å². The smallest absolute Gasteiger partial charge is 0.410 e. The van der Waals surface area contributed by atoms with Crippen LogP contribution in [0.1, 0.15) is 50.5 Å². The molecule has 158 valence electrons. The molecule has 29 heavy (non-hydrogen) atoms. The Morgan fingerprint density at radius 3 is 2.24 bits per heavy atom. The van der Waals surface area contributed by atoms with Gasteiger partial charge in [0.2, 0.25) is 5.91 Å². The number of nitrogens with one attached hydrogen (secondary N) is 1. The molecule has 2 fully saturated rings. The molecule has 3 rings (SSSR count). The van der Waals surface area contributed by atoms with Crippen LogP contribution in [0.5, 0.6) is 0 Å². The van der Waals surface area contributed by atoms with Gasteiger partial charge in [0.25, 0.3) is 0 Å². The van der Waals surface area contributed by atoms with Gasteiger partial charge in [-0.2, -0.15) is 0 Å². The number of ether oxygens (including phenoxy) is 1. The third-order valence-corrected chi connectivity index (χ3v) is 5.59. The van der Waals surface area contributed by atoms with Crippen molar-refractivity contribution < 1.29 is 23.5 Å². The predicted molar refractivity (Wildman–Crippen MR) is 106 cm³/mol. The van der Waals surface area contributed by atoms with Gasteiger partial charge in [-0.15, -0.1) is 0 Å². The van der Waals surface area contributed by atoms with E-state index in [9.17, 15) is 18.8 Å². The van der Waals surface area contributed by atoms with E-state index in [-0.39, 0.29) is 35.3 Å². The summed E-state index contributed by atoms with van der Waals surface area (Å²) >= 11 is 0. The maximum atomic E-state index is 14.3. The fourth-order valence-corrected chi connectivity index (χ4v) is 4.00. The molecule has 2 unspecified atom stereocenters. The van der Waals surface area contributed by atoms with Crippen molar-refractivity contribution >= 4 is 17.8 Å². The summed E-state index contributed by atoms with van der Waals surface area (Å²) in [5.74, 6) is -1.34. The average Bonchev–Trinajstić information content (AvgIpc) is 3.09. The lowest BCUT2D eigenvalue weighted by molar-refractivity contribution is -0.124. The van der Waals surface area contributed by atoms with Gasteiger partial charge in [-0.05, 0) is 65.0 Å². The van der Waals surface area contributed by atoms with Gasteiger partial charge < -0.3 is 15.0 Å². The van der Waals surface area contributed by atoms with Crippen molar-refractivity contribution in [1.29, 1.82) is 0 Å². The molecule has 0 aromatic heterocycles. The van der Waals surface area contributed by atoms with Crippen LogP contribution >= 0.6 is 0 Å². The van der Waals surface area contributed by atoms with Crippen LogP contribution in [-0.2, 0) is 9.53 Å². The van der Waals surface area contributed by atoms with Crippen LogP contribution in [0.2, 0.25) is 0 Å². The zero-order valence-corrected chi connectivity index (χ0v) is 17.8. The number of benzene rings is 1. The molecule has 7 heteroatoms. The number of aryl methyl sites for hydroxylation is 1. The fraction of sp³-hybridized carbons (Fsp3) is 0.591. The molecule has 1 saturated carbocycles. The van der Waals surface area contributed by atoms with E-state index >= 15 is 0 Å². The minimum Gasteiger partial charge on any atom is -0.444 e. The number of nitrogens with zero attached hydrogens (tertiary/aromatic N) is 1. The van der Waals surface area contributed by atoms with Crippen molar-refractivity contribution in [2.75, 3.05) is 13.1 Å². The number of hydrogen-bond acceptors (Lipinski definition) is 4. The van der Waals surface area contributed by atoms with Crippen LogP contribution in [-0.4, -0.2) is 46.9 Å². The highest BCUT2D eigenvalue weighted by atomic mass is 19.1. The lowest BCUT2D eigenvalue weighted by Crippen LogP contribution is -2.51. The number of hydrogen-bond donors (Lipinski definition) is 1. The number of carbonyl (C=O) groups is 3. The van der Waals surface area contributed by atoms with Crippen molar-refractivity contribution in [3.05, 3.63) is 35.1 Å². The second-order valence-corrected chi connectivity index (χ2v) is 9.62. The summed E-state index contributed by atoms with van der Waals surface area (Å²) in [5.41, 5.74) is -1.43.